The van der Waals surface area contributed by atoms with Crippen molar-refractivity contribution in [2.75, 3.05) is 0 Å². The largest absolute Gasteiger partial charge is 0.296 e. The number of nitrogens with zero attached hydrogens (tertiary/aromatic N) is 5. The zero-order chi connectivity index (χ0) is 41.5. The Hall–Kier alpha value is -7.94. The Morgan fingerprint density at radius 1 is 0.574 bits per heavy atom. The first-order chi connectivity index (χ1) is 30.1. The number of aryl methyl sites for hydroxylation is 1. The summed E-state index contributed by atoms with van der Waals surface area (Å²) in [5, 5.41) is 10.1. The highest BCUT2D eigenvalue weighted by Gasteiger charge is 2.20. The van der Waals surface area contributed by atoms with Gasteiger partial charge in [-0.25, -0.2) is 9.98 Å². The molecule has 1 aromatic heterocycles. The number of imidazole rings is 1. The van der Waals surface area contributed by atoms with Gasteiger partial charge in [0.1, 0.15) is 5.82 Å². The van der Waals surface area contributed by atoms with E-state index in [-0.39, 0.29) is 0 Å². The van der Waals surface area contributed by atoms with Crippen molar-refractivity contribution in [3.05, 3.63) is 228 Å². The Balaban J connectivity index is 1.21. The third-order valence-corrected chi connectivity index (χ3v) is 11.1. The van der Waals surface area contributed by atoms with Crippen LogP contribution in [0.15, 0.2) is 210 Å². The summed E-state index contributed by atoms with van der Waals surface area (Å²) < 4.78 is 2.31. The molecule has 0 amide bonds. The summed E-state index contributed by atoms with van der Waals surface area (Å²) in [6.07, 6.45) is 0.786. The van der Waals surface area contributed by atoms with Crippen LogP contribution in [0.1, 0.15) is 41.9 Å². The Kier molecular flexibility index (Phi) is 11.1. The highest BCUT2D eigenvalue weighted by Crippen LogP contribution is 2.44. The molecule has 9 rings (SSSR count). The molecule has 8 aromatic carbocycles. The second kappa shape index (κ2) is 17.5. The average Bonchev–Trinajstić information content (AvgIpc) is 3.72. The monoisotopic (exact) mass is 785 g/mol. The minimum atomic E-state index is 0.454. The molecule has 0 saturated carbocycles. The number of amidine groups is 1. The number of hydrogen-bond acceptors (Lipinski definition) is 3. The minimum Gasteiger partial charge on any atom is -0.296 e. The maximum atomic E-state index is 10.1. The first kappa shape index (κ1) is 38.6. The van der Waals surface area contributed by atoms with Crippen LogP contribution in [0.2, 0.25) is 0 Å². The van der Waals surface area contributed by atoms with Crippen molar-refractivity contribution in [3.8, 4) is 56.3 Å². The standard InChI is InChI=1S/C56H43N5/c1-3-54-60-51-32-13-15-34-53(51)61(54)52-33-14-12-29-49(52)50-31-18-30-48(55(50)45-27-17-26-44(36-45)47-28-11-10-24-46(47)37-57)43-25-16-19-40(35-43)38-58-56(42-22-8-5-9-23-42)59-39(2)41-20-6-4-7-21-41/h4-36H,3,38H2,1-2H3. The summed E-state index contributed by atoms with van der Waals surface area (Å²) in [7, 11) is 0. The molecule has 0 N–H and O–H groups in total. The van der Waals surface area contributed by atoms with Crippen molar-refractivity contribution in [3.63, 3.8) is 0 Å². The highest BCUT2D eigenvalue weighted by atomic mass is 15.1. The fourth-order valence-electron chi connectivity index (χ4n) is 8.17. The van der Waals surface area contributed by atoms with Crippen molar-refractivity contribution >= 4 is 22.6 Å². The molecule has 9 aromatic rings. The van der Waals surface area contributed by atoms with Crippen LogP contribution < -0.4 is 0 Å². The molecule has 0 saturated heterocycles. The molecule has 0 aliphatic heterocycles. The van der Waals surface area contributed by atoms with Crippen LogP contribution >= 0.6 is 0 Å². The van der Waals surface area contributed by atoms with Gasteiger partial charge in [0.2, 0.25) is 0 Å². The van der Waals surface area contributed by atoms with Gasteiger partial charge in [-0.1, -0.05) is 171 Å². The van der Waals surface area contributed by atoms with Gasteiger partial charge in [0.05, 0.1) is 34.9 Å². The van der Waals surface area contributed by atoms with Crippen molar-refractivity contribution in [1.29, 1.82) is 5.26 Å². The molecular formula is C56H43N5. The van der Waals surface area contributed by atoms with Gasteiger partial charge >= 0.3 is 0 Å². The maximum Gasteiger partial charge on any atom is 0.155 e. The molecule has 0 bridgehead atoms. The van der Waals surface area contributed by atoms with Crippen molar-refractivity contribution in [2.24, 2.45) is 9.98 Å². The fourth-order valence-corrected chi connectivity index (χ4v) is 8.17. The molecule has 5 heteroatoms. The van der Waals surface area contributed by atoms with Crippen LogP contribution in [0, 0.1) is 11.3 Å². The second-order valence-electron chi connectivity index (χ2n) is 15.0. The molecule has 0 aliphatic rings. The van der Waals surface area contributed by atoms with E-state index >= 15 is 0 Å². The van der Waals surface area contributed by atoms with E-state index in [2.05, 4.69) is 151 Å². The lowest BCUT2D eigenvalue weighted by atomic mass is 9.85. The number of rotatable bonds is 10. The SMILES string of the molecule is CCc1nc2ccccc2n1-c1ccccc1-c1cccc(-c2cccc(CN=C(N=C(C)c3ccccc3)c3ccccc3)c2)c1-c1cccc(-c2ccccc2C#N)c1. The Labute approximate surface area is 357 Å². The van der Waals surface area contributed by atoms with Gasteiger partial charge in [0, 0.05) is 23.3 Å². The normalized spacial score (nSPS) is 11.8. The van der Waals surface area contributed by atoms with E-state index in [1.165, 1.54) is 0 Å². The van der Waals surface area contributed by atoms with E-state index in [1.54, 1.807) is 0 Å². The van der Waals surface area contributed by atoms with Crippen LogP contribution in [0.3, 0.4) is 0 Å². The van der Waals surface area contributed by atoms with Gasteiger partial charge < -0.3 is 0 Å². The molecule has 0 fully saturated rings. The summed E-state index contributed by atoms with van der Waals surface area (Å²) in [6, 6.07) is 71.5. The second-order valence-corrected chi connectivity index (χ2v) is 15.0. The van der Waals surface area contributed by atoms with Gasteiger partial charge in [-0.3, -0.25) is 9.56 Å². The van der Waals surface area contributed by atoms with Crippen LogP contribution in [0.5, 0.6) is 0 Å². The van der Waals surface area contributed by atoms with Crippen LogP contribution in [0.25, 0.3) is 61.2 Å². The maximum absolute atomic E-state index is 10.1. The number of aliphatic imine (C=N–C) groups is 2. The summed E-state index contributed by atoms with van der Waals surface area (Å²) in [4.78, 5) is 15.3. The third-order valence-electron chi connectivity index (χ3n) is 11.1. The van der Waals surface area contributed by atoms with E-state index < -0.39 is 0 Å². The predicted octanol–water partition coefficient (Wildman–Crippen LogP) is 13.6. The molecule has 0 unspecified atom stereocenters. The average molecular weight is 786 g/mol. The van der Waals surface area contributed by atoms with Crippen molar-refractivity contribution in [1.82, 2.24) is 9.55 Å². The quantitative estimate of drug-likeness (QED) is 0.102. The number of hydrogen-bond donors (Lipinski definition) is 0. The number of para-hydroxylation sites is 3. The molecular weight excluding hydrogens is 743 g/mol. The van der Waals surface area contributed by atoms with Gasteiger partial charge in [0.25, 0.3) is 0 Å². The molecule has 0 spiro atoms. The molecule has 292 valence electrons. The first-order valence-corrected chi connectivity index (χ1v) is 20.7. The molecule has 1 heterocycles. The number of nitriles is 1. The van der Waals surface area contributed by atoms with Gasteiger partial charge in [-0.15, -0.1) is 0 Å². The number of fused-ring (bicyclic) bond motifs is 1. The van der Waals surface area contributed by atoms with Gasteiger partial charge in [-0.2, -0.15) is 5.26 Å². The summed E-state index contributed by atoms with van der Waals surface area (Å²) in [5.41, 5.74) is 16.2. The molecule has 61 heavy (non-hydrogen) atoms. The van der Waals surface area contributed by atoms with Gasteiger partial charge in [-0.05, 0) is 93.4 Å². The van der Waals surface area contributed by atoms with Crippen molar-refractivity contribution in [2.45, 2.75) is 26.8 Å². The molecule has 5 nitrogen and oxygen atoms in total. The number of aromatic nitrogens is 2. The number of benzene rings is 8. The van der Waals surface area contributed by atoms with E-state index in [0.29, 0.717) is 17.9 Å². The van der Waals surface area contributed by atoms with Crippen molar-refractivity contribution < 1.29 is 0 Å². The van der Waals surface area contributed by atoms with E-state index in [4.69, 9.17) is 15.0 Å². The van der Waals surface area contributed by atoms with E-state index in [0.717, 1.165) is 95.9 Å². The highest BCUT2D eigenvalue weighted by molar-refractivity contribution is 6.11. The predicted molar refractivity (Wildman–Crippen MR) is 252 cm³/mol. The Morgan fingerprint density at radius 3 is 1.97 bits per heavy atom. The van der Waals surface area contributed by atoms with E-state index in [1.807, 2.05) is 73.7 Å². The zero-order valence-corrected chi connectivity index (χ0v) is 34.2. The van der Waals surface area contributed by atoms with Crippen LogP contribution in [0.4, 0.5) is 0 Å². The Morgan fingerprint density at radius 2 is 1.18 bits per heavy atom. The fraction of sp³-hybridized carbons (Fsp3) is 0.0714. The topological polar surface area (TPSA) is 66.3 Å². The summed E-state index contributed by atoms with van der Waals surface area (Å²) >= 11 is 0. The lowest BCUT2D eigenvalue weighted by Gasteiger charge is -2.20. The first-order valence-electron chi connectivity index (χ1n) is 20.7. The van der Waals surface area contributed by atoms with E-state index in [9.17, 15) is 5.26 Å². The lowest BCUT2D eigenvalue weighted by molar-refractivity contribution is 0.909. The summed E-state index contributed by atoms with van der Waals surface area (Å²) in [6.45, 7) is 4.65. The van der Waals surface area contributed by atoms with Crippen LogP contribution in [-0.2, 0) is 13.0 Å². The Bertz CT molecular complexity index is 3110. The molecule has 0 aliphatic carbocycles. The molecule has 0 atom stereocenters. The van der Waals surface area contributed by atoms with Gasteiger partial charge in [0.15, 0.2) is 5.84 Å². The third kappa shape index (κ3) is 7.96. The lowest BCUT2D eigenvalue weighted by Crippen LogP contribution is -2.04. The smallest absolute Gasteiger partial charge is 0.155 e. The molecule has 0 radical (unpaired) electrons. The zero-order valence-electron chi connectivity index (χ0n) is 34.2. The summed E-state index contributed by atoms with van der Waals surface area (Å²) in [5.74, 6) is 1.70. The van der Waals surface area contributed by atoms with Crippen LogP contribution in [-0.4, -0.2) is 21.1 Å². The minimum absolute atomic E-state index is 0.454.